The summed E-state index contributed by atoms with van der Waals surface area (Å²) in [5, 5.41) is 2.74. The molecule has 0 unspecified atom stereocenters. The van der Waals surface area contributed by atoms with Gasteiger partial charge in [-0.25, -0.2) is 12.8 Å². The van der Waals surface area contributed by atoms with E-state index in [0.717, 1.165) is 5.56 Å². The number of benzene rings is 2. The lowest BCUT2D eigenvalue weighted by molar-refractivity contribution is 0.0951. The molecule has 0 aromatic heterocycles. The predicted molar refractivity (Wildman–Crippen MR) is 98.9 cm³/mol. The topological polar surface area (TPSA) is 66.5 Å². The molecule has 0 radical (unpaired) electrons. The molecular formula is C19H23FN2O3S. The van der Waals surface area contributed by atoms with E-state index in [2.05, 4.69) is 5.32 Å². The first-order valence-electron chi connectivity index (χ1n) is 8.43. The highest BCUT2D eigenvalue weighted by molar-refractivity contribution is 7.89. The molecule has 0 spiro atoms. The second-order valence-corrected chi connectivity index (χ2v) is 7.82. The first kappa shape index (κ1) is 20.1. The average Bonchev–Trinajstić information content (AvgIpc) is 2.63. The molecule has 5 nitrogen and oxygen atoms in total. The van der Waals surface area contributed by atoms with E-state index in [1.54, 1.807) is 32.9 Å². The van der Waals surface area contributed by atoms with Gasteiger partial charge in [-0.2, -0.15) is 4.31 Å². The zero-order chi connectivity index (χ0) is 19.3. The van der Waals surface area contributed by atoms with E-state index in [1.165, 1.54) is 34.6 Å². The summed E-state index contributed by atoms with van der Waals surface area (Å²) in [4.78, 5) is 12.4. The fourth-order valence-electron chi connectivity index (χ4n) is 2.59. The third kappa shape index (κ3) is 4.47. The molecule has 2 aromatic rings. The van der Waals surface area contributed by atoms with Crippen LogP contribution in [0.1, 0.15) is 35.3 Å². The number of nitrogens with one attached hydrogen (secondary N) is 1. The third-order valence-corrected chi connectivity index (χ3v) is 6.20. The SMILES string of the molecule is CCN(CC)S(=O)(=O)c1ccc(C(=O)NCc2ccc(F)c(C)c2)cc1. The number of nitrogens with zero attached hydrogens (tertiary/aromatic N) is 1. The summed E-state index contributed by atoms with van der Waals surface area (Å²) in [6.45, 7) is 6.26. The Balaban J connectivity index is 2.07. The van der Waals surface area contributed by atoms with Crippen LogP contribution in [0.4, 0.5) is 4.39 Å². The highest BCUT2D eigenvalue weighted by Gasteiger charge is 2.21. The van der Waals surface area contributed by atoms with Gasteiger partial charge in [-0.3, -0.25) is 4.79 Å². The van der Waals surface area contributed by atoms with Crippen molar-refractivity contribution >= 4 is 15.9 Å². The molecule has 0 heterocycles. The lowest BCUT2D eigenvalue weighted by atomic mass is 10.1. The first-order chi connectivity index (χ1) is 12.3. The number of carbonyl (C=O) groups is 1. The number of aryl methyl sites for hydroxylation is 1. The fourth-order valence-corrected chi connectivity index (χ4v) is 4.05. The van der Waals surface area contributed by atoms with Crippen molar-refractivity contribution in [1.82, 2.24) is 9.62 Å². The normalized spacial score (nSPS) is 11.6. The summed E-state index contributed by atoms with van der Waals surface area (Å²) in [5.74, 6) is -0.608. The van der Waals surface area contributed by atoms with Gasteiger partial charge in [-0.05, 0) is 48.4 Å². The Bertz CT molecular complexity index is 876. The van der Waals surface area contributed by atoms with E-state index >= 15 is 0 Å². The van der Waals surface area contributed by atoms with Gasteiger partial charge in [-0.15, -0.1) is 0 Å². The number of halogens is 1. The summed E-state index contributed by atoms with van der Waals surface area (Å²) in [6.07, 6.45) is 0. The number of sulfonamides is 1. The summed E-state index contributed by atoms with van der Waals surface area (Å²) < 4.78 is 39.5. The van der Waals surface area contributed by atoms with Crippen molar-refractivity contribution in [2.24, 2.45) is 0 Å². The maximum atomic E-state index is 13.3. The van der Waals surface area contributed by atoms with Crippen LogP contribution in [0.15, 0.2) is 47.4 Å². The molecule has 0 aliphatic carbocycles. The first-order valence-corrected chi connectivity index (χ1v) is 9.87. The summed E-state index contributed by atoms with van der Waals surface area (Å²) in [6, 6.07) is 10.5. The molecule has 0 atom stereocenters. The number of hydrogen-bond donors (Lipinski definition) is 1. The zero-order valence-corrected chi connectivity index (χ0v) is 15.9. The Morgan fingerprint density at radius 1 is 1.08 bits per heavy atom. The predicted octanol–water partition coefficient (Wildman–Crippen LogP) is 3.09. The molecule has 1 amide bonds. The minimum absolute atomic E-state index is 0.159. The average molecular weight is 378 g/mol. The van der Waals surface area contributed by atoms with Crippen molar-refractivity contribution in [3.8, 4) is 0 Å². The van der Waals surface area contributed by atoms with Crippen molar-refractivity contribution < 1.29 is 17.6 Å². The maximum absolute atomic E-state index is 13.3. The van der Waals surface area contributed by atoms with Gasteiger partial charge in [0.1, 0.15) is 5.82 Å². The van der Waals surface area contributed by atoms with Gasteiger partial charge >= 0.3 is 0 Å². The number of rotatable bonds is 7. The summed E-state index contributed by atoms with van der Waals surface area (Å²) in [7, 11) is -3.54. The van der Waals surface area contributed by atoms with Gasteiger partial charge < -0.3 is 5.32 Å². The van der Waals surface area contributed by atoms with Gasteiger partial charge in [0.05, 0.1) is 4.90 Å². The Morgan fingerprint density at radius 2 is 1.69 bits per heavy atom. The highest BCUT2D eigenvalue weighted by Crippen LogP contribution is 2.16. The second-order valence-electron chi connectivity index (χ2n) is 5.88. The van der Waals surface area contributed by atoms with E-state index in [4.69, 9.17) is 0 Å². The third-order valence-electron chi connectivity index (χ3n) is 4.14. The molecule has 26 heavy (non-hydrogen) atoms. The quantitative estimate of drug-likeness (QED) is 0.805. The Hall–Kier alpha value is -2.25. The molecule has 140 valence electrons. The van der Waals surface area contributed by atoms with Crippen molar-refractivity contribution in [3.63, 3.8) is 0 Å². The van der Waals surface area contributed by atoms with Crippen LogP contribution < -0.4 is 5.32 Å². The molecule has 2 aromatic carbocycles. The number of carbonyl (C=O) groups excluding carboxylic acids is 1. The highest BCUT2D eigenvalue weighted by atomic mass is 32.2. The van der Waals surface area contributed by atoms with Crippen LogP contribution in [-0.4, -0.2) is 31.7 Å². The van der Waals surface area contributed by atoms with E-state index < -0.39 is 10.0 Å². The number of hydrogen-bond acceptors (Lipinski definition) is 3. The minimum Gasteiger partial charge on any atom is -0.348 e. The van der Waals surface area contributed by atoms with Crippen molar-refractivity contribution in [3.05, 3.63) is 65.0 Å². The van der Waals surface area contributed by atoms with Crippen LogP contribution in [0.3, 0.4) is 0 Å². The molecule has 2 rings (SSSR count). The van der Waals surface area contributed by atoms with Gasteiger partial charge in [0, 0.05) is 25.2 Å². The van der Waals surface area contributed by atoms with Crippen LogP contribution in [0.2, 0.25) is 0 Å². The van der Waals surface area contributed by atoms with Gasteiger partial charge in [0.25, 0.3) is 5.91 Å². The molecule has 7 heteroatoms. The Morgan fingerprint density at radius 3 is 2.23 bits per heavy atom. The summed E-state index contributed by atoms with van der Waals surface area (Å²) in [5.41, 5.74) is 1.67. The fraction of sp³-hybridized carbons (Fsp3) is 0.316. The van der Waals surface area contributed by atoms with Gasteiger partial charge in [-0.1, -0.05) is 26.0 Å². The van der Waals surface area contributed by atoms with Crippen LogP contribution in [-0.2, 0) is 16.6 Å². The lowest BCUT2D eigenvalue weighted by Gasteiger charge is -2.18. The largest absolute Gasteiger partial charge is 0.348 e. The van der Waals surface area contributed by atoms with Crippen LogP contribution in [0.25, 0.3) is 0 Å². The van der Waals surface area contributed by atoms with E-state index in [9.17, 15) is 17.6 Å². The van der Waals surface area contributed by atoms with Crippen molar-refractivity contribution in [2.45, 2.75) is 32.2 Å². The van der Waals surface area contributed by atoms with Crippen molar-refractivity contribution in [1.29, 1.82) is 0 Å². The summed E-state index contributed by atoms with van der Waals surface area (Å²) >= 11 is 0. The standard InChI is InChI=1S/C19H23FN2O3S/c1-4-22(5-2)26(24,25)17-9-7-16(8-10-17)19(23)21-13-15-6-11-18(20)14(3)12-15/h6-12H,4-5,13H2,1-3H3,(H,21,23). The van der Waals surface area contributed by atoms with Gasteiger partial charge in [0.2, 0.25) is 10.0 Å². The zero-order valence-electron chi connectivity index (χ0n) is 15.1. The van der Waals surface area contributed by atoms with Crippen molar-refractivity contribution in [2.75, 3.05) is 13.1 Å². The maximum Gasteiger partial charge on any atom is 0.251 e. The second kappa shape index (κ2) is 8.42. The number of amides is 1. The monoisotopic (exact) mass is 378 g/mol. The van der Waals surface area contributed by atoms with Crippen LogP contribution in [0.5, 0.6) is 0 Å². The Kier molecular flexibility index (Phi) is 6.50. The van der Waals surface area contributed by atoms with Gasteiger partial charge in [0.15, 0.2) is 0 Å². The lowest BCUT2D eigenvalue weighted by Crippen LogP contribution is -2.30. The Labute approximate surface area is 153 Å². The molecule has 0 aliphatic heterocycles. The van der Waals surface area contributed by atoms with Crippen LogP contribution >= 0.6 is 0 Å². The van der Waals surface area contributed by atoms with Crippen LogP contribution in [0, 0.1) is 12.7 Å². The molecule has 0 saturated heterocycles. The smallest absolute Gasteiger partial charge is 0.251 e. The minimum atomic E-state index is -3.54. The van der Waals surface area contributed by atoms with E-state index in [0.29, 0.717) is 24.2 Å². The molecule has 0 aliphatic rings. The molecule has 0 saturated carbocycles. The molecular weight excluding hydrogens is 355 g/mol. The molecule has 1 N–H and O–H groups in total. The van der Waals surface area contributed by atoms with E-state index in [1.807, 2.05) is 0 Å². The molecule has 0 bridgehead atoms. The molecule has 0 fully saturated rings. The van der Waals surface area contributed by atoms with E-state index in [-0.39, 0.29) is 23.2 Å².